The van der Waals surface area contributed by atoms with E-state index in [4.69, 9.17) is 0 Å². The third-order valence-electron chi connectivity index (χ3n) is 6.11. The number of carbonyl (C=O) groups is 1. The van der Waals surface area contributed by atoms with Crippen LogP contribution in [-0.4, -0.2) is 46.5 Å². The molecule has 1 amide bonds. The Kier molecular flexibility index (Phi) is 5.62. The standard InChI is InChI=1S/C26H27N3OS/c1-20-7-9-22(10-8-20)18-27-12-14-28(15-13-27)26(30)24-17-25-23(11-16-31-25)29(24)19-21-5-3-2-4-6-21/h2-11,16-17H,12-15,18-19H2,1H3. The summed E-state index contributed by atoms with van der Waals surface area (Å²) in [5.74, 6) is 0.148. The van der Waals surface area contributed by atoms with Gasteiger partial charge in [-0.15, -0.1) is 11.3 Å². The van der Waals surface area contributed by atoms with Gasteiger partial charge in [0.05, 0.1) is 10.2 Å². The quantitative estimate of drug-likeness (QED) is 0.446. The molecule has 0 aliphatic carbocycles. The number of hydrogen-bond acceptors (Lipinski definition) is 3. The van der Waals surface area contributed by atoms with Crippen LogP contribution in [0.5, 0.6) is 0 Å². The minimum absolute atomic E-state index is 0.148. The Morgan fingerprint density at radius 1 is 0.871 bits per heavy atom. The van der Waals surface area contributed by atoms with Gasteiger partial charge < -0.3 is 9.47 Å². The first kappa shape index (κ1) is 20.0. The molecule has 1 fully saturated rings. The molecule has 0 atom stereocenters. The van der Waals surface area contributed by atoms with Gasteiger partial charge in [0.15, 0.2) is 0 Å². The van der Waals surface area contributed by atoms with E-state index < -0.39 is 0 Å². The third-order valence-corrected chi connectivity index (χ3v) is 6.96. The second kappa shape index (κ2) is 8.69. The zero-order chi connectivity index (χ0) is 21.2. The number of aromatic nitrogens is 1. The Labute approximate surface area is 187 Å². The van der Waals surface area contributed by atoms with Gasteiger partial charge in [0, 0.05) is 39.3 Å². The number of nitrogens with zero attached hydrogens (tertiary/aromatic N) is 3. The van der Waals surface area contributed by atoms with E-state index in [0.29, 0.717) is 0 Å². The molecule has 5 rings (SSSR count). The second-order valence-electron chi connectivity index (χ2n) is 8.33. The van der Waals surface area contributed by atoms with Crippen LogP contribution in [0, 0.1) is 6.92 Å². The molecule has 1 saturated heterocycles. The normalized spacial score (nSPS) is 14.9. The summed E-state index contributed by atoms with van der Waals surface area (Å²) >= 11 is 1.70. The molecule has 4 nitrogen and oxygen atoms in total. The Morgan fingerprint density at radius 3 is 2.32 bits per heavy atom. The van der Waals surface area contributed by atoms with Gasteiger partial charge in [0.25, 0.3) is 5.91 Å². The molecular formula is C26H27N3OS. The van der Waals surface area contributed by atoms with Gasteiger partial charge in [-0.05, 0) is 35.6 Å². The molecule has 0 bridgehead atoms. The SMILES string of the molecule is Cc1ccc(CN2CCN(C(=O)c3cc4sccc4n3Cc3ccccc3)CC2)cc1. The fourth-order valence-corrected chi connectivity index (χ4v) is 5.14. The Bertz CT molecular complexity index is 1170. The summed E-state index contributed by atoms with van der Waals surface area (Å²) in [6.07, 6.45) is 0. The van der Waals surface area contributed by atoms with E-state index in [0.717, 1.165) is 50.5 Å². The number of fused-ring (bicyclic) bond motifs is 1. The molecule has 0 N–H and O–H groups in total. The molecule has 0 spiro atoms. The lowest BCUT2D eigenvalue weighted by atomic mass is 10.1. The predicted octanol–water partition coefficient (Wildman–Crippen LogP) is 5.02. The van der Waals surface area contributed by atoms with E-state index in [1.807, 2.05) is 11.0 Å². The smallest absolute Gasteiger partial charge is 0.270 e. The van der Waals surface area contributed by atoms with Crippen molar-refractivity contribution in [2.75, 3.05) is 26.2 Å². The van der Waals surface area contributed by atoms with Crippen LogP contribution in [0.15, 0.2) is 72.1 Å². The number of amides is 1. The van der Waals surface area contributed by atoms with E-state index in [1.54, 1.807) is 11.3 Å². The number of aryl methyl sites for hydroxylation is 1. The van der Waals surface area contributed by atoms with Crippen molar-refractivity contribution < 1.29 is 4.79 Å². The van der Waals surface area contributed by atoms with Gasteiger partial charge in [0.2, 0.25) is 0 Å². The largest absolute Gasteiger partial charge is 0.335 e. The highest BCUT2D eigenvalue weighted by molar-refractivity contribution is 7.17. The first-order chi connectivity index (χ1) is 15.2. The molecule has 5 heteroatoms. The van der Waals surface area contributed by atoms with Crippen LogP contribution >= 0.6 is 11.3 Å². The van der Waals surface area contributed by atoms with Crippen molar-refractivity contribution in [3.63, 3.8) is 0 Å². The van der Waals surface area contributed by atoms with Crippen LogP contribution in [0.1, 0.15) is 27.2 Å². The predicted molar refractivity (Wildman–Crippen MR) is 128 cm³/mol. The Morgan fingerprint density at radius 2 is 1.58 bits per heavy atom. The minimum atomic E-state index is 0.148. The van der Waals surface area contributed by atoms with Crippen LogP contribution in [0.4, 0.5) is 0 Å². The lowest BCUT2D eigenvalue weighted by Gasteiger charge is -2.35. The third kappa shape index (κ3) is 4.29. The highest BCUT2D eigenvalue weighted by Gasteiger charge is 2.25. The summed E-state index contributed by atoms with van der Waals surface area (Å²) in [6, 6.07) is 23.3. The van der Waals surface area contributed by atoms with E-state index in [9.17, 15) is 4.79 Å². The van der Waals surface area contributed by atoms with Gasteiger partial charge in [-0.2, -0.15) is 0 Å². The summed E-state index contributed by atoms with van der Waals surface area (Å²) in [4.78, 5) is 17.9. The molecule has 31 heavy (non-hydrogen) atoms. The maximum atomic E-state index is 13.5. The number of thiophene rings is 1. The van der Waals surface area contributed by atoms with Crippen molar-refractivity contribution in [1.82, 2.24) is 14.4 Å². The number of hydrogen-bond donors (Lipinski definition) is 0. The lowest BCUT2D eigenvalue weighted by molar-refractivity contribution is 0.0619. The highest BCUT2D eigenvalue weighted by Crippen LogP contribution is 2.27. The summed E-state index contributed by atoms with van der Waals surface area (Å²) < 4.78 is 3.36. The molecule has 0 unspecified atom stereocenters. The fraction of sp³-hybridized carbons (Fsp3) is 0.269. The molecular weight excluding hydrogens is 402 g/mol. The van der Waals surface area contributed by atoms with Gasteiger partial charge in [-0.3, -0.25) is 9.69 Å². The average molecular weight is 430 g/mol. The first-order valence-corrected chi connectivity index (χ1v) is 11.7. The van der Waals surface area contributed by atoms with Crippen molar-refractivity contribution in [3.05, 3.63) is 94.5 Å². The zero-order valence-corrected chi connectivity index (χ0v) is 18.6. The van der Waals surface area contributed by atoms with Crippen LogP contribution in [0.2, 0.25) is 0 Å². The van der Waals surface area contributed by atoms with E-state index in [1.165, 1.54) is 21.4 Å². The van der Waals surface area contributed by atoms with Crippen molar-refractivity contribution in [2.24, 2.45) is 0 Å². The average Bonchev–Trinajstić information content (AvgIpc) is 3.39. The van der Waals surface area contributed by atoms with Crippen LogP contribution in [-0.2, 0) is 13.1 Å². The summed E-state index contributed by atoms with van der Waals surface area (Å²) in [6.45, 7) is 7.15. The van der Waals surface area contributed by atoms with Gasteiger partial charge in [-0.1, -0.05) is 60.2 Å². The lowest BCUT2D eigenvalue weighted by Crippen LogP contribution is -2.48. The first-order valence-electron chi connectivity index (χ1n) is 10.9. The molecule has 0 radical (unpaired) electrons. The highest BCUT2D eigenvalue weighted by atomic mass is 32.1. The van der Waals surface area contributed by atoms with Crippen molar-refractivity contribution in [3.8, 4) is 0 Å². The van der Waals surface area contributed by atoms with Crippen LogP contribution in [0.25, 0.3) is 10.2 Å². The van der Waals surface area contributed by atoms with E-state index >= 15 is 0 Å². The molecule has 158 valence electrons. The fourth-order valence-electron chi connectivity index (χ4n) is 4.31. The molecule has 2 aromatic heterocycles. The molecule has 2 aromatic carbocycles. The monoisotopic (exact) mass is 429 g/mol. The molecule has 4 aromatic rings. The van der Waals surface area contributed by atoms with Crippen molar-refractivity contribution >= 4 is 27.5 Å². The summed E-state index contributed by atoms with van der Waals surface area (Å²) in [7, 11) is 0. The number of benzene rings is 2. The Balaban J connectivity index is 1.30. The maximum Gasteiger partial charge on any atom is 0.270 e. The number of rotatable bonds is 5. The van der Waals surface area contributed by atoms with Crippen LogP contribution in [0.3, 0.4) is 0 Å². The molecule has 1 aliphatic heterocycles. The summed E-state index contributed by atoms with van der Waals surface area (Å²) in [5.41, 5.74) is 5.79. The van der Waals surface area contributed by atoms with Crippen molar-refractivity contribution in [1.29, 1.82) is 0 Å². The maximum absolute atomic E-state index is 13.5. The zero-order valence-electron chi connectivity index (χ0n) is 17.8. The van der Waals surface area contributed by atoms with Gasteiger partial charge in [0.1, 0.15) is 5.69 Å². The topological polar surface area (TPSA) is 28.5 Å². The van der Waals surface area contributed by atoms with Crippen LogP contribution < -0.4 is 0 Å². The number of piperazine rings is 1. The Hall–Kier alpha value is -2.89. The number of carbonyl (C=O) groups excluding carboxylic acids is 1. The van der Waals surface area contributed by atoms with Crippen molar-refractivity contribution in [2.45, 2.75) is 20.0 Å². The molecule has 0 saturated carbocycles. The molecule has 1 aliphatic rings. The van der Waals surface area contributed by atoms with E-state index in [-0.39, 0.29) is 5.91 Å². The second-order valence-corrected chi connectivity index (χ2v) is 9.27. The van der Waals surface area contributed by atoms with Gasteiger partial charge in [-0.25, -0.2) is 0 Å². The summed E-state index contributed by atoms with van der Waals surface area (Å²) in [5, 5.41) is 2.10. The van der Waals surface area contributed by atoms with E-state index in [2.05, 4.69) is 82.4 Å². The van der Waals surface area contributed by atoms with Gasteiger partial charge >= 0.3 is 0 Å². The molecule has 3 heterocycles. The minimum Gasteiger partial charge on any atom is -0.335 e.